The normalized spacial score (nSPS) is 10.1. The second kappa shape index (κ2) is 5.26. The summed E-state index contributed by atoms with van der Waals surface area (Å²) in [7, 11) is 0. The summed E-state index contributed by atoms with van der Waals surface area (Å²) in [5, 5.41) is 12.1. The number of benzene rings is 2. The number of nitrogens with one attached hydrogen (secondary N) is 1. The summed E-state index contributed by atoms with van der Waals surface area (Å²) in [6, 6.07) is 11.7. The van der Waals surface area contributed by atoms with E-state index < -0.39 is 0 Å². The monoisotopic (exact) mass is 354 g/mol. The Balaban J connectivity index is 2.21. The SMILES string of the molecule is Nc1ccc(O)cc1C(=O)Nc1ccc(I)cc1. The van der Waals surface area contributed by atoms with Crippen LogP contribution in [0.4, 0.5) is 11.4 Å². The van der Waals surface area contributed by atoms with E-state index in [4.69, 9.17) is 5.73 Å². The fourth-order valence-corrected chi connectivity index (χ4v) is 1.83. The number of halogens is 1. The van der Waals surface area contributed by atoms with Gasteiger partial charge >= 0.3 is 0 Å². The van der Waals surface area contributed by atoms with Gasteiger partial charge in [-0.2, -0.15) is 0 Å². The minimum absolute atomic E-state index is 0.0111. The fraction of sp³-hybridized carbons (Fsp3) is 0. The first-order valence-corrected chi connectivity index (χ1v) is 6.29. The molecule has 0 bridgehead atoms. The summed E-state index contributed by atoms with van der Waals surface area (Å²) >= 11 is 2.19. The molecule has 0 atom stereocenters. The zero-order valence-electron chi connectivity index (χ0n) is 9.35. The van der Waals surface area contributed by atoms with Gasteiger partial charge in [0.2, 0.25) is 0 Å². The molecule has 4 nitrogen and oxygen atoms in total. The number of aromatic hydroxyl groups is 1. The van der Waals surface area contributed by atoms with E-state index in [0.29, 0.717) is 11.4 Å². The molecule has 2 rings (SSSR count). The maximum atomic E-state index is 12.0. The van der Waals surface area contributed by atoms with Crippen molar-refractivity contribution in [1.29, 1.82) is 0 Å². The molecule has 2 aromatic rings. The van der Waals surface area contributed by atoms with Gasteiger partial charge in [0.1, 0.15) is 5.75 Å². The Hall–Kier alpha value is -1.76. The number of phenolic OH excluding ortho intramolecular Hbond substituents is 1. The van der Waals surface area contributed by atoms with Crippen LogP contribution >= 0.6 is 22.6 Å². The van der Waals surface area contributed by atoms with Crippen molar-refractivity contribution in [1.82, 2.24) is 0 Å². The third-order valence-corrected chi connectivity index (χ3v) is 3.10. The standard InChI is InChI=1S/C13H11IN2O2/c14-8-1-3-9(4-2-8)16-13(18)11-7-10(17)5-6-12(11)15/h1-7,17H,15H2,(H,16,18). The van der Waals surface area contributed by atoms with Crippen LogP contribution in [0.1, 0.15) is 10.4 Å². The highest BCUT2D eigenvalue weighted by molar-refractivity contribution is 14.1. The molecular formula is C13H11IN2O2. The largest absolute Gasteiger partial charge is 0.508 e. The molecule has 5 heteroatoms. The lowest BCUT2D eigenvalue weighted by atomic mass is 10.1. The third kappa shape index (κ3) is 2.92. The molecule has 18 heavy (non-hydrogen) atoms. The fourth-order valence-electron chi connectivity index (χ4n) is 1.47. The lowest BCUT2D eigenvalue weighted by Crippen LogP contribution is -2.13. The molecule has 0 heterocycles. The van der Waals surface area contributed by atoms with Crippen molar-refractivity contribution >= 4 is 39.9 Å². The molecule has 92 valence electrons. The van der Waals surface area contributed by atoms with E-state index in [-0.39, 0.29) is 17.2 Å². The molecule has 0 spiro atoms. The number of rotatable bonds is 2. The van der Waals surface area contributed by atoms with E-state index in [1.165, 1.54) is 18.2 Å². The van der Waals surface area contributed by atoms with Crippen LogP contribution in [0.15, 0.2) is 42.5 Å². The van der Waals surface area contributed by atoms with E-state index in [9.17, 15) is 9.90 Å². The van der Waals surface area contributed by atoms with Crippen LogP contribution in [0, 0.1) is 3.57 Å². The van der Waals surface area contributed by atoms with E-state index in [1.54, 1.807) is 12.1 Å². The van der Waals surface area contributed by atoms with E-state index in [0.717, 1.165) is 3.57 Å². The Morgan fingerprint density at radius 2 is 1.83 bits per heavy atom. The summed E-state index contributed by atoms with van der Waals surface area (Å²) in [5.74, 6) is -0.332. The van der Waals surface area contributed by atoms with Gasteiger partial charge < -0.3 is 16.2 Å². The van der Waals surface area contributed by atoms with Crippen LogP contribution in [-0.2, 0) is 0 Å². The number of nitrogens with two attached hydrogens (primary N) is 1. The van der Waals surface area contributed by atoms with Crippen molar-refractivity contribution in [2.24, 2.45) is 0 Å². The van der Waals surface area contributed by atoms with Crippen LogP contribution < -0.4 is 11.1 Å². The lowest BCUT2D eigenvalue weighted by molar-refractivity contribution is 0.102. The molecule has 4 N–H and O–H groups in total. The zero-order chi connectivity index (χ0) is 13.1. The van der Waals surface area contributed by atoms with Crippen LogP contribution in [-0.4, -0.2) is 11.0 Å². The number of hydrogen-bond acceptors (Lipinski definition) is 3. The van der Waals surface area contributed by atoms with Gasteiger partial charge in [-0.05, 0) is 65.1 Å². The number of carbonyl (C=O) groups is 1. The zero-order valence-corrected chi connectivity index (χ0v) is 11.5. The molecule has 0 aromatic heterocycles. The van der Waals surface area contributed by atoms with Gasteiger partial charge in [0.15, 0.2) is 0 Å². The van der Waals surface area contributed by atoms with Gasteiger partial charge in [-0.3, -0.25) is 4.79 Å². The van der Waals surface area contributed by atoms with Crippen molar-refractivity contribution in [2.45, 2.75) is 0 Å². The number of anilines is 2. The van der Waals surface area contributed by atoms with Crippen molar-refractivity contribution in [3.05, 3.63) is 51.6 Å². The van der Waals surface area contributed by atoms with Crippen molar-refractivity contribution < 1.29 is 9.90 Å². The quantitative estimate of drug-likeness (QED) is 0.441. The molecule has 0 unspecified atom stereocenters. The topological polar surface area (TPSA) is 75.3 Å². The minimum Gasteiger partial charge on any atom is -0.508 e. The smallest absolute Gasteiger partial charge is 0.257 e. The average Bonchev–Trinajstić information content (AvgIpc) is 2.35. The first kappa shape index (κ1) is 12.7. The molecule has 0 fully saturated rings. The molecule has 0 aliphatic rings. The number of nitrogen functional groups attached to an aromatic ring is 1. The Kier molecular flexibility index (Phi) is 3.71. The maximum Gasteiger partial charge on any atom is 0.257 e. The third-order valence-electron chi connectivity index (χ3n) is 2.38. The molecule has 0 aliphatic carbocycles. The number of phenols is 1. The van der Waals surface area contributed by atoms with Gasteiger partial charge in [0, 0.05) is 14.9 Å². The van der Waals surface area contributed by atoms with E-state index >= 15 is 0 Å². The molecule has 0 radical (unpaired) electrons. The number of hydrogen-bond donors (Lipinski definition) is 3. The second-order valence-electron chi connectivity index (χ2n) is 3.73. The highest BCUT2D eigenvalue weighted by Gasteiger charge is 2.10. The summed E-state index contributed by atoms with van der Waals surface area (Å²) in [6.45, 7) is 0. The summed E-state index contributed by atoms with van der Waals surface area (Å²) in [4.78, 5) is 12.0. The maximum absolute atomic E-state index is 12.0. The van der Waals surface area contributed by atoms with Crippen LogP contribution in [0.25, 0.3) is 0 Å². The highest BCUT2D eigenvalue weighted by atomic mass is 127. The van der Waals surface area contributed by atoms with Gasteiger partial charge in [0.25, 0.3) is 5.91 Å². The van der Waals surface area contributed by atoms with Gasteiger partial charge in [-0.1, -0.05) is 0 Å². The molecular weight excluding hydrogens is 343 g/mol. The van der Waals surface area contributed by atoms with Gasteiger partial charge in [-0.25, -0.2) is 0 Å². The average molecular weight is 354 g/mol. The first-order chi connectivity index (χ1) is 8.56. The van der Waals surface area contributed by atoms with Gasteiger partial charge in [-0.15, -0.1) is 0 Å². The predicted octanol–water partition coefficient (Wildman–Crippen LogP) is 2.83. The lowest BCUT2D eigenvalue weighted by Gasteiger charge is -2.08. The first-order valence-electron chi connectivity index (χ1n) is 5.21. The van der Waals surface area contributed by atoms with Gasteiger partial charge in [0.05, 0.1) is 5.56 Å². The Morgan fingerprint density at radius 3 is 2.50 bits per heavy atom. The number of amides is 1. The Labute approximate surface area is 118 Å². The van der Waals surface area contributed by atoms with Crippen LogP contribution in [0.2, 0.25) is 0 Å². The molecule has 1 amide bonds. The second-order valence-corrected chi connectivity index (χ2v) is 4.98. The van der Waals surface area contributed by atoms with Crippen molar-refractivity contribution in [2.75, 3.05) is 11.1 Å². The molecule has 0 saturated heterocycles. The summed E-state index contributed by atoms with van der Waals surface area (Å²) in [5.41, 5.74) is 6.97. The van der Waals surface area contributed by atoms with E-state index in [1.807, 2.05) is 12.1 Å². The van der Waals surface area contributed by atoms with Crippen molar-refractivity contribution in [3.63, 3.8) is 0 Å². The summed E-state index contributed by atoms with van der Waals surface area (Å²) < 4.78 is 1.09. The molecule has 2 aromatic carbocycles. The Morgan fingerprint density at radius 1 is 1.17 bits per heavy atom. The van der Waals surface area contributed by atoms with Crippen molar-refractivity contribution in [3.8, 4) is 5.75 Å². The minimum atomic E-state index is -0.343. The van der Waals surface area contributed by atoms with Crippen LogP contribution in [0.5, 0.6) is 5.75 Å². The molecule has 0 saturated carbocycles. The number of carbonyl (C=O) groups excluding carboxylic acids is 1. The Bertz CT molecular complexity index is 582. The van der Waals surface area contributed by atoms with Crippen LogP contribution in [0.3, 0.4) is 0 Å². The predicted molar refractivity (Wildman–Crippen MR) is 79.6 cm³/mol. The summed E-state index contributed by atoms with van der Waals surface area (Å²) in [6.07, 6.45) is 0. The molecule has 0 aliphatic heterocycles. The van der Waals surface area contributed by atoms with E-state index in [2.05, 4.69) is 27.9 Å². The highest BCUT2D eigenvalue weighted by Crippen LogP contribution is 2.20.